The number of hydrogen-bond acceptors (Lipinski definition) is 0. The molecule has 0 heterocycles. The Balaban J connectivity index is -0.00000000500. The maximum absolute atomic E-state index is 2.06. The summed E-state index contributed by atoms with van der Waals surface area (Å²) in [5.74, 6) is 0. The molecule has 0 nitrogen and oxygen atoms in total. The van der Waals surface area contributed by atoms with Gasteiger partial charge in [0.25, 0.3) is 0 Å². The van der Waals surface area contributed by atoms with Gasteiger partial charge in [-0.15, -0.1) is 0 Å². The van der Waals surface area contributed by atoms with Gasteiger partial charge >= 0.3 is 24.1 Å². The number of rotatable bonds is 0. The van der Waals surface area contributed by atoms with E-state index < -0.39 is 0 Å². The average molecular weight is 153 g/mol. The van der Waals surface area contributed by atoms with Crippen molar-refractivity contribution in [3.8, 4) is 0 Å². The van der Waals surface area contributed by atoms with Crippen LogP contribution in [0.5, 0.6) is 0 Å². The maximum atomic E-state index is 2.06. The van der Waals surface area contributed by atoms with Crippen LogP contribution in [0.2, 0.25) is 5.48 Å². The Bertz CT molecular complexity index is 6.00. The van der Waals surface area contributed by atoms with Crippen LogP contribution in [0.15, 0.2) is 0 Å². The zero-order valence-electron chi connectivity index (χ0n) is 2.99. The van der Waals surface area contributed by atoms with E-state index in [1.807, 2.05) is 0 Å². The predicted octanol–water partition coefficient (Wildman–Crippen LogP) is 0.319. The summed E-state index contributed by atoms with van der Waals surface area (Å²) in [6, 6.07) is 0. The third-order valence-corrected chi connectivity index (χ3v) is 0. The zero-order chi connectivity index (χ0) is 2.00. The molecule has 3 heteroatoms. The van der Waals surface area contributed by atoms with E-state index >= 15 is 0 Å². The van der Waals surface area contributed by atoms with Crippen molar-refractivity contribution in [2.45, 2.75) is 5.48 Å². The zero-order valence-corrected chi connectivity index (χ0v) is 8.24. The Labute approximate surface area is 44.3 Å². The van der Waals surface area contributed by atoms with E-state index in [0.717, 1.165) is 0 Å². The van der Waals surface area contributed by atoms with Crippen molar-refractivity contribution in [3.63, 3.8) is 0 Å². The fourth-order valence-electron chi connectivity index (χ4n) is 0. The minimum absolute atomic E-state index is 0. The molecule has 0 aliphatic heterocycles. The Hall–Kier alpha value is 1.50. The second kappa shape index (κ2) is 24.5. The molecule has 0 rings (SSSR count). The van der Waals surface area contributed by atoms with Gasteiger partial charge in [-0.25, -0.2) is 0 Å². The molecule has 0 aromatic heterocycles. The number of hydrogen-bond donors (Lipinski definition) is 0. The van der Waals surface area contributed by atoms with Gasteiger partial charge in [-0.3, -0.25) is 0 Å². The quantitative estimate of drug-likeness (QED) is 0.347. The fraction of sp³-hybridized carbons (Fsp3) is 1.00. The summed E-state index contributed by atoms with van der Waals surface area (Å²) < 4.78 is 0. The molecule has 0 spiro atoms. The SMILES string of the molecule is P.P.[CH3][Ga]. The van der Waals surface area contributed by atoms with Gasteiger partial charge in [-0.05, 0) is 0 Å². The van der Waals surface area contributed by atoms with E-state index in [9.17, 15) is 0 Å². The Morgan fingerprint density at radius 3 is 1.00 bits per heavy atom. The molecule has 2 unspecified atom stereocenters. The van der Waals surface area contributed by atoms with Gasteiger partial charge in [0.2, 0.25) is 0 Å². The summed E-state index contributed by atoms with van der Waals surface area (Å²) in [7, 11) is 0. The normalized spacial score (nSPS) is 1.25. The van der Waals surface area contributed by atoms with Gasteiger partial charge in [0.05, 0.1) is 0 Å². The summed E-state index contributed by atoms with van der Waals surface area (Å²) in [6.45, 7) is 0. The van der Waals surface area contributed by atoms with E-state index in [1.165, 1.54) is 0 Å². The fourth-order valence-corrected chi connectivity index (χ4v) is 0. The molecule has 0 aliphatic rings. The summed E-state index contributed by atoms with van der Waals surface area (Å²) in [5, 5.41) is 0. The van der Waals surface area contributed by atoms with Crippen LogP contribution < -0.4 is 0 Å². The summed E-state index contributed by atoms with van der Waals surface area (Å²) >= 11 is 1.69. The van der Waals surface area contributed by atoms with Crippen LogP contribution in [-0.2, 0) is 0 Å². The van der Waals surface area contributed by atoms with Gasteiger partial charge in [0.1, 0.15) is 0 Å². The molecule has 2 atom stereocenters. The summed E-state index contributed by atoms with van der Waals surface area (Å²) in [6.07, 6.45) is 0. The molecule has 0 aromatic rings. The van der Waals surface area contributed by atoms with Crippen LogP contribution in [0.25, 0.3) is 0 Å². The van der Waals surface area contributed by atoms with Crippen molar-refractivity contribution in [2.75, 3.05) is 0 Å². The average Bonchev–Trinajstić information content (AvgIpc) is 1.00. The predicted molar refractivity (Wildman–Crippen MR) is 33.8 cm³/mol. The van der Waals surface area contributed by atoms with Crippen LogP contribution in [0.3, 0.4) is 0 Å². The van der Waals surface area contributed by atoms with E-state index in [2.05, 4.69) is 5.48 Å². The van der Waals surface area contributed by atoms with Crippen molar-refractivity contribution >= 4 is 38.4 Å². The van der Waals surface area contributed by atoms with Crippen molar-refractivity contribution in [1.29, 1.82) is 0 Å². The minimum atomic E-state index is 0. The van der Waals surface area contributed by atoms with Gasteiger partial charge in [-0.1, -0.05) is 0 Å². The first-order chi connectivity index (χ1) is 1.00. The molecule has 0 aliphatic carbocycles. The molecule has 4 heavy (non-hydrogen) atoms. The van der Waals surface area contributed by atoms with Crippen molar-refractivity contribution in [2.24, 2.45) is 0 Å². The van der Waals surface area contributed by atoms with Gasteiger partial charge < -0.3 is 0 Å². The third kappa shape index (κ3) is 9.73. The van der Waals surface area contributed by atoms with Crippen LogP contribution in [0, 0.1) is 0 Å². The van der Waals surface area contributed by atoms with Gasteiger partial charge in [0.15, 0.2) is 0 Å². The second-order valence-corrected chi connectivity index (χ2v) is 0. The van der Waals surface area contributed by atoms with Crippen LogP contribution >= 0.6 is 19.8 Å². The first-order valence-electron chi connectivity index (χ1n) is 0.577. The molecule has 0 amide bonds. The first-order valence-corrected chi connectivity index (χ1v) is 3.00. The Kier molecular flexibility index (Phi) is 109. The van der Waals surface area contributed by atoms with Gasteiger partial charge in [0, 0.05) is 0 Å². The Morgan fingerprint density at radius 2 is 1.00 bits per heavy atom. The van der Waals surface area contributed by atoms with Crippen molar-refractivity contribution < 1.29 is 0 Å². The van der Waals surface area contributed by atoms with Crippen LogP contribution in [0.4, 0.5) is 0 Å². The molecule has 0 bridgehead atoms. The molecule has 26 valence electrons. The monoisotopic (exact) mass is 152 g/mol. The van der Waals surface area contributed by atoms with Crippen molar-refractivity contribution in [1.82, 2.24) is 0 Å². The first kappa shape index (κ1) is 17.8. The molecule has 0 N–H and O–H groups in total. The van der Waals surface area contributed by atoms with E-state index in [-0.39, 0.29) is 19.8 Å². The summed E-state index contributed by atoms with van der Waals surface area (Å²) in [4.78, 5) is 0. The van der Waals surface area contributed by atoms with Crippen molar-refractivity contribution in [3.05, 3.63) is 0 Å². The topological polar surface area (TPSA) is 0 Å². The molecule has 0 fully saturated rings. The van der Waals surface area contributed by atoms with E-state index in [1.54, 1.807) is 18.6 Å². The standard InChI is InChI=1S/CH3.Ga.2H3P/h1H3;;2*1H3. The Morgan fingerprint density at radius 1 is 1.00 bits per heavy atom. The molecule has 0 saturated carbocycles. The van der Waals surface area contributed by atoms with E-state index in [4.69, 9.17) is 0 Å². The second-order valence-electron chi connectivity index (χ2n) is 0. The van der Waals surface area contributed by atoms with Crippen LogP contribution in [0.1, 0.15) is 0 Å². The molecular formula is CH9GaP2. The summed E-state index contributed by atoms with van der Waals surface area (Å²) in [5.41, 5.74) is 2.06. The third-order valence-electron chi connectivity index (χ3n) is 0. The molecule has 0 aromatic carbocycles. The van der Waals surface area contributed by atoms with E-state index in [0.29, 0.717) is 0 Å². The molecule has 0 saturated heterocycles. The molecule has 2 radical (unpaired) electrons. The van der Waals surface area contributed by atoms with Crippen LogP contribution in [-0.4, -0.2) is 18.6 Å². The molecular weight excluding hydrogens is 144 g/mol. The van der Waals surface area contributed by atoms with Gasteiger partial charge in [-0.2, -0.15) is 19.8 Å².